The molecule has 192 valence electrons. The Morgan fingerprint density at radius 3 is 2.36 bits per heavy atom. The summed E-state index contributed by atoms with van der Waals surface area (Å²) in [6.45, 7) is 3.68. The van der Waals surface area contributed by atoms with Gasteiger partial charge in [0.1, 0.15) is 0 Å². The van der Waals surface area contributed by atoms with E-state index in [0.717, 1.165) is 73.1 Å². The fourth-order valence-corrected chi connectivity index (χ4v) is 4.40. The van der Waals surface area contributed by atoms with Crippen molar-refractivity contribution in [2.45, 2.75) is 58.4 Å². The lowest BCUT2D eigenvalue weighted by Crippen LogP contribution is -2.33. The summed E-state index contributed by atoms with van der Waals surface area (Å²) in [7, 11) is 2.06. The number of carboxylic acid groups (broad SMARTS) is 1. The van der Waals surface area contributed by atoms with Crippen LogP contribution in [0.2, 0.25) is 0 Å². The summed E-state index contributed by atoms with van der Waals surface area (Å²) in [6, 6.07) is 14.2. The molecule has 2 aromatic rings. The summed E-state index contributed by atoms with van der Waals surface area (Å²) in [5.74, 6) is -0.615. The quantitative estimate of drug-likeness (QED) is 0.404. The van der Waals surface area contributed by atoms with Crippen molar-refractivity contribution in [1.82, 2.24) is 4.90 Å². The third-order valence-electron chi connectivity index (χ3n) is 6.93. The highest BCUT2D eigenvalue weighted by atomic mass is 16.4. The third kappa shape index (κ3) is 6.86. The summed E-state index contributed by atoms with van der Waals surface area (Å²) >= 11 is 0. The first kappa shape index (κ1) is 25.7. The number of nitrogens with zero attached hydrogens (tertiary/aromatic N) is 2. The highest BCUT2D eigenvalue weighted by molar-refractivity contribution is 5.98. The van der Waals surface area contributed by atoms with E-state index in [4.69, 9.17) is 5.11 Å². The molecule has 0 radical (unpaired) electrons. The number of hydrogen-bond donors (Lipinski definition) is 2. The van der Waals surface area contributed by atoms with Crippen molar-refractivity contribution in [3.05, 3.63) is 48.0 Å². The van der Waals surface area contributed by atoms with E-state index in [0.29, 0.717) is 6.54 Å². The molecule has 0 spiro atoms. The molecule has 0 bridgehead atoms. The van der Waals surface area contributed by atoms with Crippen molar-refractivity contribution in [1.29, 1.82) is 0 Å². The molecule has 7 heteroatoms. The molecule has 0 unspecified atom stereocenters. The number of aliphatic carboxylic acids is 1. The predicted octanol–water partition coefficient (Wildman–Crippen LogP) is 5.15. The van der Waals surface area contributed by atoms with Crippen LogP contribution in [0.4, 0.5) is 11.4 Å². The largest absolute Gasteiger partial charge is 0.481 e. The van der Waals surface area contributed by atoms with Crippen molar-refractivity contribution in [3.63, 3.8) is 0 Å². The zero-order valence-electron chi connectivity index (χ0n) is 21.3. The van der Waals surface area contributed by atoms with E-state index < -0.39 is 5.97 Å². The highest BCUT2D eigenvalue weighted by Gasteiger charge is 2.33. The van der Waals surface area contributed by atoms with Gasteiger partial charge in [-0.05, 0) is 67.0 Å². The summed E-state index contributed by atoms with van der Waals surface area (Å²) < 4.78 is 0. The molecule has 0 aliphatic heterocycles. The summed E-state index contributed by atoms with van der Waals surface area (Å²) in [6.07, 6.45) is 5.79. The van der Waals surface area contributed by atoms with Crippen molar-refractivity contribution in [2.24, 2.45) is 11.8 Å². The topological polar surface area (TPSA) is 89.9 Å². The van der Waals surface area contributed by atoms with E-state index in [2.05, 4.69) is 42.4 Å². The Kier molecular flexibility index (Phi) is 8.28. The molecule has 0 atom stereocenters. The first-order chi connectivity index (χ1) is 17.4. The van der Waals surface area contributed by atoms with Gasteiger partial charge >= 0.3 is 5.97 Å². The molecule has 0 heterocycles. The molecular formula is C29H37N3O4. The summed E-state index contributed by atoms with van der Waals surface area (Å²) in [4.78, 5) is 40.3. The van der Waals surface area contributed by atoms with Crippen LogP contribution in [0.3, 0.4) is 0 Å². The maximum absolute atomic E-state index is 12.7. The Morgan fingerprint density at radius 2 is 1.69 bits per heavy atom. The van der Waals surface area contributed by atoms with Crippen LogP contribution in [0.15, 0.2) is 42.5 Å². The predicted molar refractivity (Wildman–Crippen MR) is 142 cm³/mol. The molecule has 0 saturated heterocycles. The Morgan fingerprint density at radius 1 is 0.972 bits per heavy atom. The minimum Gasteiger partial charge on any atom is -0.481 e. The van der Waals surface area contributed by atoms with Crippen molar-refractivity contribution in [2.75, 3.05) is 30.4 Å². The van der Waals surface area contributed by atoms with Gasteiger partial charge < -0.3 is 20.2 Å². The number of rotatable bonds is 13. The number of unbranched alkanes of at least 4 members (excludes halogenated alkanes) is 1. The van der Waals surface area contributed by atoms with Crippen LogP contribution in [-0.2, 0) is 20.9 Å². The molecule has 0 aromatic heterocycles. The molecule has 2 N–H and O–H groups in total. The van der Waals surface area contributed by atoms with Gasteiger partial charge in [0, 0.05) is 38.5 Å². The summed E-state index contributed by atoms with van der Waals surface area (Å²) in [5.41, 5.74) is 4.77. The molecule has 2 aliphatic carbocycles. The lowest BCUT2D eigenvalue weighted by molar-refractivity contribution is -0.139. The van der Waals surface area contributed by atoms with Crippen LogP contribution >= 0.6 is 0 Å². The van der Waals surface area contributed by atoms with Crippen molar-refractivity contribution < 1.29 is 19.5 Å². The fraction of sp³-hybridized carbons (Fsp3) is 0.483. The van der Waals surface area contributed by atoms with E-state index in [1.807, 2.05) is 24.3 Å². The van der Waals surface area contributed by atoms with Gasteiger partial charge in [-0.2, -0.15) is 0 Å². The van der Waals surface area contributed by atoms with E-state index in [-0.39, 0.29) is 36.6 Å². The number of benzene rings is 2. The lowest BCUT2D eigenvalue weighted by atomic mass is 10.0. The molecule has 2 saturated carbocycles. The Hall–Kier alpha value is -3.35. The van der Waals surface area contributed by atoms with Gasteiger partial charge in [-0.1, -0.05) is 37.6 Å². The molecule has 2 amide bonds. The number of carbonyl (C=O) groups is 3. The maximum atomic E-state index is 12.7. The minimum atomic E-state index is -0.901. The van der Waals surface area contributed by atoms with Crippen LogP contribution in [-0.4, -0.2) is 47.9 Å². The highest BCUT2D eigenvalue weighted by Crippen LogP contribution is 2.36. The third-order valence-corrected chi connectivity index (χ3v) is 6.93. The van der Waals surface area contributed by atoms with Gasteiger partial charge in [0.15, 0.2) is 0 Å². The normalized spacial score (nSPS) is 14.8. The van der Waals surface area contributed by atoms with Crippen LogP contribution < -0.4 is 10.2 Å². The van der Waals surface area contributed by atoms with Gasteiger partial charge in [-0.3, -0.25) is 14.4 Å². The Labute approximate surface area is 213 Å². The van der Waals surface area contributed by atoms with E-state index >= 15 is 0 Å². The molecule has 2 aromatic carbocycles. The number of anilines is 2. The van der Waals surface area contributed by atoms with Crippen LogP contribution in [0.1, 0.15) is 57.4 Å². The monoisotopic (exact) mass is 491 g/mol. The van der Waals surface area contributed by atoms with Crippen LogP contribution in [0, 0.1) is 11.8 Å². The van der Waals surface area contributed by atoms with Crippen molar-refractivity contribution in [3.8, 4) is 11.1 Å². The SMILES string of the molecule is CCCCN(C)c1ccc(-c2cccc(CN(CCC(=O)O)C(=O)C3CC3)c2)cc1NC(=O)C1CC1. The molecule has 2 aliphatic rings. The molecule has 2 fully saturated rings. The lowest BCUT2D eigenvalue weighted by Gasteiger charge is -2.24. The van der Waals surface area contributed by atoms with Gasteiger partial charge in [-0.15, -0.1) is 0 Å². The molecule has 7 nitrogen and oxygen atoms in total. The van der Waals surface area contributed by atoms with Crippen LogP contribution in [0.25, 0.3) is 11.1 Å². The maximum Gasteiger partial charge on any atom is 0.305 e. The number of nitrogens with one attached hydrogen (secondary N) is 1. The second-order valence-corrected chi connectivity index (χ2v) is 10.1. The van der Waals surface area contributed by atoms with Gasteiger partial charge in [0.2, 0.25) is 11.8 Å². The number of carbonyl (C=O) groups excluding carboxylic acids is 2. The molecule has 36 heavy (non-hydrogen) atoms. The second-order valence-electron chi connectivity index (χ2n) is 10.1. The molecule has 4 rings (SSSR count). The Balaban J connectivity index is 1.57. The van der Waals surface area contributed by atoms with E-state index in [1.54, 1.807) is 4.90 Å². The molecular weight excluding hydrogens is 454 g/mol. The first-order valence-corrected chi connectivity index (χ1v) is 13.1. The standard InChI is InChI=1S/C29H37N3O4/c1-3-4-15-31(2)26-13-12-24(18-25(26)30-28(35)21-8-9-21)23-7-5-6-20(17-23)19-32(16-14-27(33)34)29(36)22-10-11-22/h5-7,12-13,17-18,21-22H,3-4,8-11,14-16,19H2,1-2H3,(H,30,35)(H,33,34). The van der Waals surface area contributed by atoms with Gasteiger partial charge in [0.25, 0.3) is 0 Å². The van der Waals surface area contributed by atoms with Gasteiger partial charge in [-0.25, -0.2) is 0 Å². The summed E-state index contributed by atoms with van der Waals surface area (Å²) in [5, 5.41) is 12.3. The average molecular weight is 492 g/mol. The van der Waals surface area contributed by atoms with E-state index in [9.17, 15) is 14.4 Å². The number of amides is 2. The fourth-order valence-electron chi connectivity index (χ4n) is 4.40. The van der Waals surface area contributed by atoms with Crippen LogP contribution in [0.5, 0.6) is 0 Å². The minimum absolute atomic E-state index is 0.0388. The zero-order valence-corrected chi connectivity index (χ0v) is 21.3. The number of carboxylic acids is 1. The second kappa shape index (κ2) is 11.6. The number of hydrogen-bond acceptors (Lipinski definition) is 4. The van der Waals surface area contributed by atoms with Crippen molar-refractivity contribution >= 4 is 29.2 Å². The van der Waals surface area contributed by atoms with Gasteiger partial charge in [0.05, 0.1) is 17.8 Å². The zero-order chi connectivity index (χ0) is 25.7. The van der Waals surface area contributed by atoms with E-state index in [1.165, 1.54) is 0 Å². The smallest absolute Gasteiger partial charge is 0.305 e. The Bertz CT molecular complexity index is 1110. The average Bonchev–Trinajstić information content (AvgIpc) is 3.77. The first-order valence-electron chi connectivity index (χ1n) is 13.1.